The molecule has 3 aromatic carbocycles. The summed E-state index contributed by atoms with van der Waals surface area (Å²) in [4.78, 5) is 14.2. The van der Waals surface area contributed by atoms with Gasteiger partial charge in [-0.15, -0.1) is 0 Å². The fraction of sp³-hybridized carbons (Fsp3) is 0.321. The third-order valence-electron chi connectivity index (χ3n) is 5.74. The van der Waals surface area contributed by atoms with Crippen molar-refractivity contribution in [3.8, 4) is 0 Å². The Morgan fingerprint density at radius 1 is 0.818 bits per heavy atom. The van der Waals surface area contributed by atoms with E-state index in [9.17, 15) is 9.90 Å². The molecular formula is C28H35N3O2. The van der Waals surface area contributed by atoms with E-state index in [0.717, 1.165) is 59.7 Å². The van der Waals surface area contributed by atoms with Gasteiger partial charge in [0.1, 0.15) is 0 Å². The maximum atomic E-state index is 12.3. The highest BCUT2D eigenvalue weighted by atomic mass is 16.4. The first-order valence-corrected chi connectivity index (χ1v) is 11.7. The molecule has 0 aliphatic carbocycles. The SMILES string of the molecule is CCCNc1ccc(C(c2ccc(NCCC)cc2)c2ccc(N(C)C)cc2C(=O)O)cc1. The van der Waals surface area contributed by atoms with Gasteiger partial charge >= 0.3 is 5.97 Å². The standard InChI is InChI=1S/C28H35N3O2/c1-5-17-29-22-11-7-20(8-12-22)27(21-9-13-23(14-10-21)30-18-6-2)25-16-15-24(31(3)4)19-26(25)28(32)33/h7-16,19,27,29-30H,5-6,17-18H2,1-4H3,(H,32,33). The molecule has 0 spiro atoms. The fourth-order valence-corrected chi connectivity index (χ4v) is 3.94. The number of anilines is 3. The van der Waals surface area contributed by atoms with Crippen molar-refractivity contribution in [2.24, 2.45) is 0 Å². The summed E-state index contributed by atoms with van der Waals surface area (Å²) >= 11 is 0. The van der Waals surface area contributed by atoms with Gasteiger partial charge in [0, 0.05) is 50.2 Å². The second-order valence-corrected chi connectivity index (χ2v) is 8.50. The molecule has 0 bridgehead atoms. The lowest BCUT2D eigenvalue weighted by Gasteiger charge is -2.23. The van der Waals surface area contributed by atoms with Crippen molar-refractivity contribution in [3.63, 3.8) is 0 Å². The molecule has 0 aromatic heterocycles. The molecule has 0 heterocycles. The summed E-state index contributed by atoms with van der Waals surface area (Å²) in [6.07, 6.45) is 2.12. The van der Waals surface area contributed by atoms with E-state index in [2.05, 4.69) is 73.0 Å². The van der Waals surface area contributed by atoms with Gasteiger partial charge in [-0.3, -0.25) is 0 Å². The number of carboxylic acid groups (broad SMARTS) is 1. The second-order valence-electron chi connectivity index (χ2n) is 8.50. The highest BCUT2D eigenvalue weighted by Crippen LogP contribution is 2.36. The van der Waals surface area contributed by atoms with Crippen molar-refractivity contribution < 1.29 is 9.90 Å². The topological polar surface area (TPSA) is 64.6 Å². The van der Waals surface area contributed by atoms with Crippen LogP contribution in [0.25, 0.3) is 0 Å². The zero-order valence-electron chi connectivity index (χ0n) is 20.1. The predicted octanol–water partition coefficient (Wildman–Crippen LogP) is 6.27. The molecule has 5 nitrogen and oxygen atoms in total. The minimum absolute atomic E-state index is 0.187. The van der Waals surface area contributed by atoms with Crippen LogP contribution in [0.5, 0.6) is 0 Å². The van der Waals surface area contributed by atoms with Crippen LogP contribution in [0, 0.1) is 0 Å². The molecule has 0 saturated heterocycles. The van der Waals surface area contributed by atoms with Gasteiger partial charge in [0.25, 0.3) is 0 Å². The number of carboxylic acids is 1. The van der Waals surface area contributed by atoms with E-state index in [-0.39, 0.29) is 5.92 Å². The van der Waals surface area contributed by atoms with Crippen LogP contribution < -0.4 is 15.5 Å². The van der Waals surface area contributed by atoms with E-state index in [1.165, 1.54) is 0 Å². The molecule has 174 valence electrons. The van der Waals surface area contributed by atoms with Gasteiger partial charge < -0.3 is 20.6 Å². The second kappa shape index (κ2) is 11.4. The molecule has 3 rings (SSSR count). The van der Waals surface area contributed by atoms with Crippen molar-refractivity contribution in [1.82, 2.24) is 0 Å². The Hall–Kier alpha value is -3.47. The fourth-order valence-electron chi connectivity index (χ4n) is 3.94. The molecule has 0 saturated carbocycles. The lowest BCUT2D eigenvalue weighted by atomic mass is 9.82. The third-order valence-corrected chi connectivity index (χ3v) is 5.74. The average molecular weight is 446 g/mol. The molecular weight excluding hydrogens is 410 g/mol. The van der Waals surface area contributed by atoms with E-state index in [0.29, 0.717) is 5.56 Å². The van der Waals surface area contributed by atoms with Crippen LogP contribution in [0.3, 0.4) is 0 Å². The van der Waals surface area contributed by atoms with Gasteiger partial charge in [0.15, 0.2) is 0 Å². The Bertz CT molecular complexity index is 992. The number of benzene rings is 3. The quantitative estimate of drug-likeness (QED) is 0.303. The summed E-state index contributed by atoms with van der Waals surface area (Å²) in [7, 11) is 3.84. The molecule has 3 N–H and O–H groups in total. The number of carbonyl (C=O) groups is 1. The molecule has 5 heteroatoms. The van der Waals surface area contributed by atoms with Crippen molar-refractivity contribution in [1.29, 1.82) is 0 Å². The van der Waals surface area contributed by atoms with Crippen LogP contribution in [0.1, 0.15) is 59.7 Å². The number of rotatable bonds is 11. The van der Waals surface area contributed by atoms with Crippen LogP contribution in [0.4, 0.5) is 17.1 Å². The molecule has 0 aliphatic heterocycles. The Morgan fingerprint density at radius 3 is 1.70 bits per heavy atom. The van der Waals surface area contributed by atoms with Gasteiger partial charge in [0.2, 0.25) is 0 Å². The number of hydrogen-bond donors (Lipinski definition) is 3. The van der Waals surface area contributed by atoms with Crippen molar-refractivity contribution in [2.75, 3.05) is 42.7 Å². The smallest absolute Gasteiger partial charge is 0.336 e. The third kappa shape index (κ3) is 6.07. The molecule has 33 heavy (non-hydrogen) atoms. The van der Waals surface area contributed by atoms with Gasteiger partial charge in [-0.1, -0.05) is 44.2 Å². The minimum atomic E-state index is -0.916. The monoisotopic (exact) mass is 445 g/mol. The summed E-state index contributed by atoms with van der Waals surface area (Å²) in [5.41, 5.74) is 6.25. The van der Waals surface area contributed by atoms with E-state index in [1.54, 1.807) is 6.07 Å². The van der Waals surface area contributed by atoms with Crippen molar-refractivity contribution in [2.45, 2.75) is 32.6 Å². The predicted molar refractivity (Wildman–Crippen MR) is 139 cm³/mol. The lowest BCUT2D eigenvalue weighted by Crippen LogP contribution is -2.14. The van der Waals surface area contributed by atoms with E-state index >= 15 is 0 Å². The normalized spacial score (nSPS) is 10.8. The summed E-state index contributed by atoms with van der Waals surface area (Å²) in [5, 5.41) is 16.9. The molecule has 0 amide bonds. The van der Waals surface area contributed by atoms with Gasteiger partial charge in [-0.2, -0.15) is 0 Å². The zero-order chi connectivity index (χ0) is 23.8. The Labute approximate surface area is 197 Å². The van der Waals surface area contributed by atoms with Crippen LogP contribution in [-0.2, 0) is 0 Å². The van der Waals surface area contributed by atoms with E-state index in [4.69, 9.17) is 0 Å². The number of aromatic carboxylic acids is 1. The zero-order valence-corrected chi connectivity index (χ0v) is 20.1. The molecule has 0 aliphatic rings. The van der Waals surface area contributed by atoms with Crippen LogP contribution >= 0.6 is 0 Å². The van der Waals surface area contributed by atoms with Crippen molar-refractivity contribution in [3.05, 3.63) is 89.0 Å². The molecule has 0 fully saturated rings. The first kappa shape index (κ1) is 24.2. The summed E-state index contributed by atoms with van der Waals surface area (Å²) in [6.45, 7) is 6.12. The maximum absolute atomic E-state index is 12.3. The van der Waals surface area contributed by atoms with E-state index in [1.807, 2.05) is 31.1 Å². The number of nitrogens with zero attached hydrogens (tertiary/aromatic N) is 1. The number of hydrogen-bond acceptors (Lipinski definition) is 4. The molecule has 0 unspecified atom stereocenters. The summed E-state index contributed by atoms with van der Waals surface area (Å²) in [5.74, 6) is -1.10. The average Bonchev–Trinajstić information content (AvgIpc) is 2.83. The Kier molecular flexibility index (Phi) is 8.36. The summed E-state index contributed by atoms with van der Waals surface area (Å²) in [6, 6.07) is 22.4. The first-order chi connectivity index (χ1) is 15.9. The first-order valence-electron chi connectivity index (χ1n) is 11.7. The van der Waals surface area contributed by atoms with E-state index < -0.39 is 5.97 Å². The minimum Gasteiger partial charge on any atom is -0.478 e. The highest BCUT2D eigenvalue weighted by Gasteiger charge is 2.23. The molecule has 3 aromatic rings. The maximum Gasteiger partial charge on any atom is 0.336 e. The van der Waals surface area contributed by atoms with Gasteiger partial charge in [-0.25, -0.2) is 4.79 Å². The lowest BCUT2D eigenvalue weighted by molar-refractivity contribution is 0.0695. The molecule has 0 radical (unpaired) electrons. The van der Waals surface area contributed by atoms with Gasteiger partial charge in [-0.05, 0) is 65.9 Å². The summed E-state index contributed by atoms with van der Waals surface area (Å²) < 4.78 is 0. The largest absolute Gasteiger partial charge is 0.478 e. The Balaban J connectivity index is 2.09. The van der Waals surface area contributed by atoms with Crippen LogP contribution in [0.15, 0.2) is 66.7 Å². The Morgan fingerprint density at radius 2 is 1.30 bits per heavy atom. The van der Waals surface area contributed by atoms with Crippen LogP contribution in [-0.4, -0.2) is 38.3 Å². The highest BCUT2D eigenvalue weighted by molar-refractivity contribution is 5.91. The van der Waals surface area contributed by atoms with Crippen molar-refractivity contribution >= 4 is 23.0 Å². The molecule has 0 atom stereocenters. The van der Waals surface area contributed by atoms with Gasteiger partial charge in [0.05, 0.1) is 5.56 Å². The number of nitrogens with one attached hydrogen (secondary N) is 2. The van der Waals surface area contributed by atoms with Crippen LogP contribution in [0.2, 0.25) is 0 Å².